The second-order valence-electron chi connectivity index (χ2n) is 5.99. The molecule has 1 amide bonds. The Morgan fingerprint density at radius 3 is 2.44 bits per heavy atom. The highest BCUT2D eigenvalue weighted by atomic mass is 16.5. The third-order valence-corrected chi connectivity index (χ3v) is 4.22. The number of esters is 1. The number of nitrogens with one attached hydrogen (secondary N) is 1. The van der Waals surface area contributed by atoms with Gasteiger partial charge in [0.1, 0.15) is 17.5 Å². The van der Waals surface area contributed by atoms with Gasteiger partial charge in [-0.25, -0.2) is 9.78 Å². The summed E-state index contributed by atoms with van der Waals surface area (Å²) in [6.45, 7) is 0. The first-order valence-corrected chi connectivity index (χ1v) is 8.48. The Bertz CT molecular complexity index is 954. The summed E-state index contributed by atoms with van der Waals surface area (Å²) in [4.78, 5) is 29.1. The molecule has 6 heteroatoms. The number of rotatable bonds is 6. The quantitative estimate of drug-likeness (QED) is 0.681. The van der Waals surface area contributed by atoms with Crippen molar-refractivity contribution in [2.24, 2.45) is 0 Å². The fraction of sp³-hybridized carbons (Fsp3) is 0.190. The molecule has 0 radical (unpaired) electrons. The van der Waals surface area contributed by atoms with Crippen LogP contribution in [0.5, 0.6) is 5.75 Å². The lowest BCUT2D eigenvalue weighted by Gasteiger charge is -2.16. The normalized spacial score (nSPS) is 11.6. The SMILES string of the molecule is COC(=O)[C@@H](Cc1ccc(OC)cc1)NC(=O)c1ccc2ccccc2n1. The molecule has 0 fully saturated rings. The van der Waals surface area contributed by atoms with Crippen LogP contribution in [0.15, 0.2) is 60.7 Å². The number of carbonyl (C=O) groups is 2. The van der Waals surface area contributed by atoms with Gasteiger partial charge in [-0.1, -0.05) is 36.4 Å². The maximum atomic E-state index is 12.6. The summed E-state index contributed by atoms with van der Waals surface area (Å²) in [5.41, 5.74) is 1.84. The summed E-state index contributed by atoms with van der Waals surface area (Å²) in [5.74, 6) is -0.220. The maximum Gasteiger partial charge on any atom is 0.328 e. The van der Waals surface area contributed by atoms with Crippen LogP contribution < -0.4 is 10.1 Å². The van der Waals surface area contributed by atoms with Gasteiger partial charge in [-0.2, -0.15) is 0 Å². The van der Waals surface area contributed by atoms with E-state index in [2.05, 4.69) is 10.3 Å². The highest BCUT2D eigenvalue weighted by molar-refractivity contribution is 5.97. The summed E-state index contributed by atoms with van der Waals surface area (Å²) in [5, 5.41) is 3.66. The van der Waals surface area contributed by atoms with E-state index >= 15 is 0 Å². The van der Waals surface area contributed by atoms with Crippen molar-refractivity contribution in [3.05, 3.63) is 71.9 Å². The molecule has 3 rings (SSSR count). The van der Waals surface area contributed by atoms with Crippen LogP contribution in [0.3, 0.4) is 0 Å². The van der Waals surface area contributed by atoms with Crippen molar-refractivity contribution in [2.45, 2.75) is 12.5 Å². The topological polar surface area (TPSA) is 77.5 Å². The predicted octanol–water partition coefficient (Wildman–Crippen LogP) is 2.76. The highest BCUT2D eigenvalue weighted by Crippen LogP contribution is 2.14. The molecule has 3 aromatic rings. The molecule has 0 unspecified atom stereocenters. The average molecular weight is 364 g/mol. The Morgan fingerprint density at radius 1 is 1.00 bits per heavy atom. The summed E-state index contributed by atoms with van der Waals surface area (Å²) >= 11 is 0. The zero-order chi connectivity index (χ0) is 19.2. The zero-order valence-electron chi connectivity index (χ0n) is 15.1. The standard InChI is InChI=1S/C21H20N2O4/c1-26-16-10-7-14(8-11-16)13-19(21(25)27-2)23-20(24)18-12-9-15-5-3-4-6-17(15)22-18/h3-12,19H,13H2,1-2H3,(H,23,24)/t19-/m1/s1. The number of hydrogen-bond donors (Lipinski definition) is 1. The van der Waals surface area contributed by atoms with Crippen LogP contribution in [0.25, 0.3) is 10.9 Å². The molecule has 2 aromatic carbocycles. The summed E-state index contributed by atoms with van der Waals surface area (Å²) in [6, 6.07) is 17.5. The van der Waals surface area contributed by atoms with E-state index in [-0.39, 0.29) is 5.69 Å². The third kappa shape index (κ3) is 4.41. The Labute approximate surface area is 157 Å². The van der Waals surface area contributed by atoms with E-state index in [0.29, 0.717) is 6.42 Å². The van der Waals surface area contributed by atoms with E-state index in [9.17, 15) is 9.59 Å². The molecule has 1 heterocycles. The van der Waals surface area contributed by atoms with Crippen LogP contribution in [-0.2, 0) is 16.0 Å². The number of amides is 1. The lowest BCUT2D eigenvalue weighted by atomic mass is 10.1. The van der Waals surface area contributed by atoms with Crippen LogP contribution >= 0.6 is 0 Å². The molecular weight excluding hydrogens is 344 g/mol. The summed E-state index contributed by atoms with van der Waals surface area (Å²) < 4.78 is 9.97. The number of pyridine rings is 1. The van der Waals surface area contributed by atoms with Gasteiger partial charge < -0.3 is 14.8 Å². The molecule has 0 saturated heterocycles. The molecule has 0 aliphatic rings. The minimum atomic E-state index is -0.816. The number of ether oxygens (including phenoxy) is 2. The summed E-state index contributed by atoms with van der Waals surface area (Å²) in [6.07, 6.45) is 0.302. The number of carbonyl (C=O) groups excluding carboxylic acids is 2. The third-order valence-electron chi connectivity index (χ3n) is 4.22. The Kier molecular flexibility index (Phi) is 5.66. The molecule has 1 aromatic heterocycles. The van der Waals surface area contributed by atoms with Crippen LogP contribution in [-0.4, -0.2) is 37.1 Å². The van der Waals surface area contributed by atoms with Gasteiger partial charge in [-0.15, -0.1) is 0 Å². The van der Waals surface area contributed by atoms with Gasteiger partial charge >= 0.3 is 5.97 Å². The molecule has 0 spiro atoms. The highest BCUT2D eigenvalue weighted by Gasteiger charge is 2.23. The fourth-order valence-corrected chi connectivity index (χ4v) is 2.76. The van der Waals surface area contributed by atoms with Gasteiger partial charge in [0.15, 0.2) is 0 Å². The molecule has 1 N–H and O–H groups in total. The van der Waals surface area contributed by atoms with Crippen LogP contribution in [0, 0.1) is 0 Å². The second kappa shape index (κ2) is 8.31. The summed E-state index contributed by atoms with van der Waals surface area (Å²) in [7, 11) is 2.88. The van der Waals surface area contributed by atoms with E-state index in [0.717, 1.165) is 22.2 Å². The molecular formula is C21H20N2O4. The van der Waals surface area contributed by atoms with E-state index in [1.807, 2.05) is 42.5 Å². The van der Waals surface area contributed by atoms with Gasteiger partial charge in [0.25, 0.3) is 5.91 Å². The molecule has 0 bridgehead atoms. The van der Waals surface area contributed by atoms with E-state index < -0.39 is 17.9 Å². The average Bonchev–Trinajstić information content (AvgIpc) is 2.72. The predicted molar refractivity (Wildman–Crippen MR) is 102 cm³/mol. The molecule has 1 atom stereocenters. The van der Waals surface area contributed by atoms with Crippen molar-refractivity contribution < 1.29 is 19.1 Å². The van der Waals surface area contributed by atoms with Crippen molar-refractivity contribution in [2.75, 3.05) is 14.2 Å². The number of benzene rings is 2. The van der Waals surface area contributed by atoms with Gasteiger partial charge in [-0.3, -0.25) is 4.79 Å². The fourth-order valence-electron chi connectivity index (χ4n) is 2.76. The Hall–Kier alpha value is -3.41. The second-order valence-corrected chi connectivity index (χ2v) is 5.99. The Morgan fingerprint density at radius 2 is 1.74 bits per heavy atom. The van der Waals surface area contributed by atoms with Crippen molar-refractivity contribution in [1.29, 1.82) is 0 Å². The number of methoxy groups -OCH3 is 2. The van der Waals surface area contributed by atoms with Crippen molar-refractivity contribution in [3.8, 4) is 5.75 Å². The number of aromatic nitrogens is 1. The molecule has 6 nitrogen and oxygen atoms in total. The Balaban J connectivity index is 1.77. The monoisotopic (exact) mass is 364 g/mol. The van der Waals surface area contributed by atoms with Crippen molar-refractivity contribution in [1.82, 2.24) is 10.3 Å². The zero-order valence-corrected chi connectivity index (χ0v) is 15.1. The molecule has 0 aliphatic heterocycles. The van der Waals surface area contributed by atoms with Crippen LogP contribution in [0.1, 0.15) is 16.1 Å². The number of nitrogens with zero attached hydrogens (tertiary/aromatic N) is 1. The van der Waals surface area contributed by atoms with Crippen molar-refractivity contribution in [3.63, 3.8) is 0 Å². The number of para-hydroxylation sites is 1. The first-order valence-electron chi connectivity index (χ1n) is 8.48. The lowest BCUT2D eigenvalue weighted by Crippen LogP contribution is -2.43. The largest absolute Gasteiger partial charge is 0.497 e. The first-order chi connectivity index (χ1) is 13.1. The molecule has 0 aliphatic carbocycles. The first kappa shape index (κ1) is 18.4. The van der Waals surface area contributed by atoms with E-state index in [4.69, 9.17) is 9.47 Å². The molecule has 0 saturated carbocycles. The number of hydrogen-bond acceptors (Lipinski definition) is 5. The molecule has 138 valence electrons. The van der Waals surface area contributed by atoms with Crippen LogP contribution in [0.2, 0.25) is 0 Å². The van der Waals surface area contributed by atoms with Crippen molar-refractivity contribution >= 4 is 22.8 Å². The minimum absolute atomic E-state index is 0.248. The van der Waals surface area contributed by atoms with Gasteiger partial charge in [0.05, 0.1) is 19.7 Å². The van der Waals surface area contributed by atoms with Gasteiger partial charge in [-0.05, 0) is 29.8 Å². The van der Waals surface area contributed by atoms with Crippen LogP contribution in [0.4, 0.5) is 0 Å². The van der Waals surface area contributed by atoms with E-state index in [1.54, 1.807) is 25.3 Å². The molecule has 27 heavy (non-hydrogen) atoms. The lowest BCUT2D eigenvalue weighted by molar-refractivity contribution is -0.142. The minimum Gasteiger partial charge on any atom is -0.497 e. The van der Waals surface area contributed by atoms with E-state index in [1.165, 1.54) is 7.11 Å². The van der Waals surface area contributed by atoms with Gasteiger partial charge in [0, 0.05) is 11.8 Å². The van der Waals surface area contributed by atoms with Gasteiger partial charge in [0.2, 0.25) is 0 Å². The maximum absolute atomic E-state index is 12.6. The smallest absolute Gasteiger partial charge is 0.328 e. The number of fused-ring (bicyclic) bond motifs is 1.